The van der Waals surface area contributed by atoms with Gasteiger partial charge in [-0.25, -0.2) is 4.98 Å². The molecule has 1 aromatic carbocycles. The van der Waals surface area contributed by atoms with Crippen molar-refractivity contribution in [1.82, 2.24) is 29.9 Å². The zero-order valence-electron chi connectivity index (χ0n) is 19.4. The fraction of sp³-hybridized carbons (Fsp3) is 0.308. The van der Waals surface area contributed by atoms with Gasteiger partial charge in [-0.15, -0.1) is 0 Å². The molecule has 1 aliphatic rings. The van der Waals surface area contributed by atoms with E-state index in [-0.39, 0.29) is 11.9 Å². The maximum atomic E-state index is 13.1. The third-order valence-electron chi connectivity index (χ3n) is 6.02. The summed E-state index contributed by atoms with van der Waals surface area (Å²) in [4.78, 5) is 17.7. The Kier molecular flexibility index (Phi) is 6.22. The number of amides is 1. The maximum absolute atomic E-state index is 13.1. The third kappa shape index (κ3) is 5.07. The Hall–Kier alpha value is -3.78. The standard InChI is InChI=1S/C26H28N6O2/c1-31-11-7-22(29-31)20-5-3-18(4-6-20)15-19-16-24(23-8-12-32(2)30-23)28-25(17-19)26(33)27-21-9-13-34-14-10-21/h3-8,11-12,16-17,21H,9-10,13-15H2,1-2H3,(H,27,33). The molecule has 0 saturated carbocycles. The summed E-state index contributed by atoms with van der Waals surface area (Å²) in [5.74, 6) is -0.156. The number of nitrogens with one attached hydrogen (secondary N) is 1. The molecule has 8 nitrogen and oxygen atoms in total. The van der Waals surface area contributed by atoms with Crippen LogP contribution < -0.4 is 5.32 Å². The average Bonchev–Trinajstić information content (AvgIpc) is 3.48. The Bertz CT molecular complexity index is 1280. The topological polar surface area (TPSA) is 86.9 Å². The SMILES string of the molecule is Cn1ccc(-c2ccc(Cc3cc(C(=O)NC4CCOCC4)nc(-c4ccn(C)n4)c3)cc2)n1. The predicted molar refractivity (Wildman–Crippen MR) is 129 cm³/mol. The number of carbonyl (C=O) groups is 1. The molecule has 1 saturated heterocycles. The molecule has 4 aromatic rings. The lowest BCUT2D eigenvalue weighted by Gasteiger charge is -2.23. The lowest BCUT2D eigenvalue weighted by Crippen LogP contribution is -2.39. The summed E-state index contributed by atoms with van der Waals surface area (Å²) in [5.41, 5.74) is 6.03. The molecule has 1 aliphatic heterocycles. The largest absolute Gasteiger partial charge is 0.381 e. The molecule has 0 unspecified atom stereocenters. The van der Waals surface area contributed by atoms with Gasteiger partial charge in [-0.1, -0.05) is 24.3 Å². The van der Waals surface area contributed by atoms with Gasteiger partial charge in [-0.2, -0.15) is 10.2 Å². The van der Waals surface area contributed by atoms with Crippen molar-refractivity contribution in [3.8, 4) is 22.6 Å². The number of hydrogen-bond acceptors (Lipinski definition) is 5. The molecule has 3 aromatic heterocycles. The van der Waals surface area contributed by atoms with Crippen molar-refractivity contribution in [2.45, 2.75) is 25.3 Å². The van der Waals surface area contributed by atoms with E-state index < -0.39 is 0 Å². The van der Waals surface area contributed by atoms with Gasteiger partial charge in [0.1, 0.15) is 11.4 Å². The molecule has 34 heavy (non-hydrogen) atoms. The lowest BCUT2D eigenvalue weighted by molar-refractivity contribution is 0.0694. The molecule has 5 rings (SSSR count). The summed E-state index contributed by atoms with van der Waals surface area (Å²) in [6.07, 6.45) is 6.14. The number of carbonyl (C=O) groups excluding carboxylic acids is 1. The summed E-state index contributed by atoms with van der Waals surface area (Å²) >= 11 is 0. The van der Waals surface area contributed by atoms with E-state index in [2.05, 4.69) is 44.8 Å². The lowest BCUT2D eigenvalue weighted by atomic mass is 10.0. The van der Waals surface area contributed by atoms with Gasteiger partial charge in [-0.3, -0.25) is 14.2 Å². The van der Waals surface area contributed by atoms with Crippen LogP contribution in [0.5, 0.6) is 0 Å². The van der Waals surface area contributed by atoms with Crippen LogP contribution in [0.1, 0.15) is 34.5 Å². The van der Waals surface area contributed by atoms with E-state index in [0.717, 1.165) is 40.9 Å². The van der Waals surface area contributed by atoms with Crippen LogP contribution in [-0.4, -0.2) is 49.7 Å². The molecule has 8 heteroatoms. The Morgan fingerprint density at radius 2 is 1.59 bits per heavy atom. The molecule has 0 radical (unpaired) electrons. The normalized spacial score (nSPS) is 14.3. The van der Waals surface area contributed by atoms with Crippen LogP contribution in [0.3, 0.4) is 0 Å². The maximum Gasteiger partial charge on any atom is 0.270 e. The molecule has 0 aliphatic carbocycles. The van der Waals surface area contributed by atoms with Crippen molar-refractivity contribution < 1.29 is 9.53 Å². The minimum absolute atomic E-state index is 0.115. The minimum Gasteiger partial charge on any atom is -0.381 e. The van der Waals surface area contributed by atoms with Crippen LogP contribution in [0.15, 0.2) is 60.9 Å². The van der Waals surface area contributed by atoms with Gasteiger partial charge in [0.25, 0.3) is 5.91 Å². The van der Waals surface area contributed by atoms with Gasteiger partial charge in [0.05, 0.1) is 11.4 Å². The van der Waals surface area contributed by atoms with E-state index in [0.29, 0.717) is 31.0 Å². The number of ether oxygens (including phenoxy) is 1. The van der Waals surface area contributed by atoms with Crippen LogP contribution in [0, 0.1) is 0 Å². The molecule has 0 atom stereocenters. The zero-order chi connectivity index (χ0) is 23.5. The van der Waals surface area contributed by atoms with Crippen LogP contribution in [0.2, 0.25) is 0 Å². The Labute approximate surface area is 198 Å². The van der Waals surface area contributed by atoms with E-state index in [1.807, 2.05) is 50.8 Å². The van der Waals surface area contributed by atoms with Crippen molar-refractivity contribution in [2.75, 3.05) is 13.2 Å². The molecular weight excluding hydrogens is 428 g/mol. The molecule has 1 amide bonds. The van der Waals surface area contributed by atoms with Gasteiger partial charge >= 0.3 is 0 Å². The second kappa shape index (κ2) is 9.61. The smallest absolute Gasteiger partial charge is 0.270 e. The van der Waals surface area contributed by atoms with Crippen molar-refractivity contribution in [2.24, 2.45) is 14.1 Å². The zero-order valence-corrected chi connectivity index (χ0v) is 19.4. The van der Waals surface area contributed by atoms with E-state index in [9.17, 15) is 4.79 Å². The number of pyridine rings is 1. The van der Waals surface area contributed by atoms with Gasteiger partial charge in [-0.05, 0) is 54.7 Å². The number of benzene rings is 1. The summed E-state index contributed by atoms with van der Waals surface area (Å²) in [7, 11) is 3.78. The fourth-order valence-corrected chi connectivity index (χ4v) is 4.19. The average molecular weight is 457 g/mol. The van der Waals surface area contributed by atoms with Crippen molar-refractivity contribution in [3.05, 3.63) is 77.7 Å². The highest BCUT2D eigenvalue weighted by molar-refractivity contribution is 5.93. The van der Waals surface area contributed by atoms with E-state index >= 15 is 0 Å². The summed E-state index contributed by atoms with van der Waals surface area (Å²) < 4.78 is 8.94. The monoisotopic (exact) mass is 456 g/mol. The second-order valence-corrected chi connectivity index (χ2v) is 8.73. The number of nitrogens with zero attached hydrogens (tertiary/aromatic N) is 5. The van der Waals surface area contributed by atoms with Gasteiger partial charge in [0.2, 0.25) is 0 Å². The first-order valence-corrected chi connectivity index (χ1v) is 11.5. The first-order chi connectivity index (χ1) is 16.5. The molecule has 0 bridgehead atoms. The molecule has 1 fully saturated rings. The fourth-order valence-electron chi connectivity index (χ4n) is 4.19. The van der Waals surface area contributed by atoms with Crippen molar-refractivity contribution >= 4 is 5.91 Å². The third-order valence-corrected chi connectivity index (χ3v) is 6.02. The molecule has 0 spiro atoms. The quantitative estimate of drug-likeness (QED) is 0.481. The summed E-state index contributed by atoms with van der Waals surface area (Å²) in [5, 5.41) is 12.1. The number of hydrogen-bond donors (Lipinski definition) is 1. The Morgan fingerprint density at radius 1 is 0.912 bits per heavy atom. The number of rotatable bonds is 6. The summed E-state index contributed by atoms with van der Waals surface area (Å²) in [6.45, 7) is 1.35. The Balaban J connectivity index is 1.41. The molecule has 1 N–H and O–H groups in total. The van der Waals surface area contributed by atoms with Crippen LogP contribution in [0.25, 0.3) is 22.6 Å². The van der Waals surface area contributed by atoms with Crippen molar-refractivity contribution in [1.29, 1.82) is 0 Å². The molecule has 174 valence electrons. The van der Waals surface area contributed by atoms with E-state index in [4.69, 9.17) is 4.74 Å². The highest BCUT2D eigenvalue weighted by atomic mass is 16.5. The second-order valence-electron chi connectivity index (χ2n) is 8.73. The predicted octanol–water partition coefficient (Wildman–Crippen LogP) is 3.38. The minimum atomic E-state index is -0.156. The number of aryl methyl sites for hydroxylation is 2. The first kappa shape index (κ1) is 22.0. The van der Waals surface area contributed by atoms with Gasteiger partial charge in [0.15, 0.2) is 0 Å². The van der Waals surface area contributed by atoms with E-state index in [1.54, 1.807) is 9.36 Å². The van der Waals surface area contributed by atoms with Crippen molar-refractivity contribution in [3.63, 3.8) is 0 Å². The van der Waals surface area contributed by atoms with Crippen LogP contribution in [-0.2, 0) is 25.3 Å². The van der Waals surface area contributed by atoms with E-state index in [1.165, 1.54) is 0 Å². The van der Waals surface area contributed by atoms with Crippen LogP contribution >= 0.6 is 0 Å². The van der Waals surface area contributed by atoms with Crippen LogP contribution in [0.4, 0.5) is 0 Å². The highest BCUT2D eigenvalue weighted by Gasteiger charge is 2.19. The number of aromatic nitrogens is 5. The molecule has 4 heterocycles. The highest BCUT2D eigenvalue weighted by Crippen LogP contribution is 2.22. The first-order valence-electron chi connectivity index (χ1n) is 11.5. The molecular formula is C26H28N6O2. The van der Waals surface area contributed by atoms with Gasteiger partial charge in [0, 0.05) is 51.3 Å². The van der Waals surface area contributed by atoms with Gasteiger partial charge < -0.3 is 10.1 Å². The Morgan fingerprint density at radius 3 is 2.24 bits per heavy atom. The summed E-state index contributed by atoms with van der Waals surface area (Å²) in [6, 6.07) is 16.3.